The first-order valence-electron chi connectivity index (χ1n) is 3.77. The van der Waals surface area contributed by atoms with Crippen LogP contribution in [0.2, 0.25) is 0 Å². The molecule has 0 saturated heterocycles. The maximum absolute atomic E-state index is 11.1. The van der Waals surface area contributed by atoms with Gasteiger partial charge in [0.25, 0.3) is 0 Å². The summed E-state index contributed by atoms with van der Waals surface area (Å²) in [7, 11) is 0. The van der Waals surface area contributed by atoms with E-state index in [2.05, 4.69) is 26.2 Å². The normalized spacial score (nSPS) is 12.2. The Morgan fingerprint density at radius 1 is 1.69 bits per heavy atom. The first kappa shape index (κ1) is 10.1. The topological polar surface area (TPSA) is 68.0 Å². The lowest BCUT2D eigenvalue weighted by atomic mass is 10.3. The van der Waals surface area contributed by atoms with Gasteiger partial charge in [-0.1, -0.05) is 0 Å². The molecule has 0 saturated carbocycles. The summed E-state index contributed by atoms with van der Waals surface area (Å²) >= 11 is 3.19. The number of carbonyl (C=O) groups is 1. The zero-order valence-corrected chi connectivity index (χ0v) is 8.71. The van der Waals surface area contributed by atoms with Crippen LogP contribution < -0.4 is 11.1 Å². The Hall–Kier alpha value is -0.940. The Morgan fingerprint density at radius 2 is 2.38 bits per heavy atom. The highest BCUT2D eigenvalue weighted by molar-refractivity contribution is 9.10. The van der Waals surface area contributed by atoms with Gasteiger partial charge in [0.05, 0.1) is 17.9 Å². The maximum Gasteiger partial charge on any atom is 0.241 e. The number of halogens is 1. The molecule has 0 aliphatic rings. The lowest BCUT2D eigenvalue weighted by molar-refractivity contribution is -0.117. The van der Waals surface area contributed by atoms with E-state index in [1.165, 1.54) is 0 Å². The number of anilines is 1. The van der Waals surface area contributed by atoms with Gasteiger partial charge < -0.3 is 11.1 Å². The molecular weight excluding hydrogens is 234 g/mol. The fourth-order valence-electron chi connectivity index (χ4n) is 0.706. The van der Waals surface area contributed by atoms with Crippen molar-refractivity contribution in [1.29, 1.82) is 0 Å². The van der Waals surface area contributed by atoms with Crippen LogP contribution in [0.1, 0.15) is 6.92 Å². The van der Waals surface area contributed by atoms with Gasteiger partial charge in [-0.15, -0.1) is 0 Å². The Morgan fingerprint density at radius 3 is 2.85 bits per heavy atom. The number of rotatable bonds is 2. The van der Waals surface area contributed by atoms with Crippen LogP contribution in [0.25, 0.3) is 0 Å². The van der Waals surface area contributed by atoms with E-state index in [0.29, 0.717) is 5.69 Å². The molecule has 1 amide bonds. The second kappa shape index (κ2) is 4.34. The zero-order valence-electron chi connectivity index (χ0n) is 7.12. The summed E-state index contributed by atoms with van der Waals surface area (Å²) in [5.41, 5.74) is 6.02. The van der Waals surface area contributed by atoms with Gasteiger partial charge >= 0.3 is 0 Å². The fraction of sp³-hybridized carbons (Fsp3) is 0.250. The molecule has 5 heteroatoms. The highest BCUT2D eigenvalue weighted by Gasteiger charge is 2.06. The minimum Gasteiger partial charge on any atom is -0.323 e. The molecule has 0 aliphatic heterocycles. The summed E-state index contributed by atoms with van der Waals surface area (Å²) in [6.07, 6.45) is 1.56. The molecular formula is C8H10BrN3O. The van der Waals surface area contributed by atoms with E-state index in [1.54, 1.807) is 25.3 Å². The predicted octanol–water partition coefficient (Wildman–Crippen LogP) is 1.13. The van der Waals surface area contributed by atoms with Crippen LogP contribution in [0.4, 0.5) is 5.69 Å². The van der Waals surface area contributed by atoms with E-state index in [0.717, 1.165) is 4.60 Å². The van der Waals surface area contributed by atoms with Crippen LogP contribution in [0.15, 0.2) is 22.9 Å². The summed E-state index contributed by atoms with van der Waals surface area (Å²) in [4.78, 5) is 15.1. The van der Waals surface area contributed by atoms with Crippen molar-refractivity contribution in [3.05, 3.63) is 22.9 Å². The smallest absolute Gasteiger partial charge is 0.241 e. The van der Waals surface area contributed by atoms with E-state index in [4.69, 9.17) is 5.73 Å². The molecule has 0 bridgehead atoms. The van der Waals surface area contributed by atoms with Crippen molar-refractivity contribution >= 4 is 27.5 Å². The van der Waals surface area contributed by atoms with Gasteiger partial charge in [-0.05, 0) is 35.0 Å². The summed E-state index contributed by atoms with van der Waals surface area (Å²) in [5, 5.41) is 2.62. The monoisotopic (exact) mass is 243 g/mol. The molecule has 0 aromatic carbocycles. The largest absolute Gasteiger partial charge is 0.323 e. The van der Waals surface area contributed by atoms with Gasteiger partial charge in [0, 0.05) is 0 Å². The van der Waals surface area contributed by atoms with Crippen LogP contribution in [0.3, 0.4) is 0 Å². The standard InChI is InChI=1S/C8H10BrN3O/c1-5(10)8(13)12-6-2-3-7(9)11-4-6/h2-5H,10H2,1H3,(H,12,13)/t5-/m1/s1. The molecule has 0 spiro atoms. The average Bonchev–Trinajstić information content (AvgIpc) is 2.08. The molecule has 0 radical (unpaired) electrons. The fourth-order valence-corrected chi connectivity index (χ4v) is 0.940. The third-order valence-electron chi connectivity index (χ3n) is 1.41. The molecule has 3 N–H and O–H groups in total. The van der Waals surface area contributed by atoms with Crippen molar-refractivity contribution in [1.82, 2.24) is 4.98 Å². The number of amides is 1. The Bertz CT molecular complexity index is 297. The van der Waals surface area contributed by atoms with Crippen LogP contribution in [-0.4, -0.2) is 16.9 Å². The Balaban J connectivity index is 2.65. The van der Waals surface area contributed by atoms with Crippen molar-refractivity contribution in [2.75, 3.05) is 5.32 Å². The molecule has 1 aromatic heterocycles. The Labute approximate surface area is 84.7 Å². The van der Waals surface area contributed by atoms with Crippen molar-refractivity contribution in [2.24, 2.45) is 5.73 Å². The van der Waals surface area contributed by atoms with Gasteiger partial charge in [0.15, 0.2) is 0 Å². The van der Waals surface area contributed by atoms with Crippen molar-refractivity contribution in [2.45, 2.75) is 13.0 Å². The van der Waals surface area contributed by atoms with Gasteiger partial charge in [0.1, 0.15) is 4.60 Å². The first-order chi connectivity index (χ1) is 6.09. The molecule has 1 aromatic rings. The number of hydrogen-bond donors (Lipinski definition) is 2. The van der Waals surface area contributed by atoms with Crippen molar-refractivity contribution in [3.63, 3.8) is 0 Å². The van der Waals surface area contributed by atoms with Gasteiger partial charge in [-0.2, -0.15) is 0 Å². The Kier molecular flexibility index (Phi) is 3.39. The number of nitrogens with two attached hydrogens (primary N) is 1. The van der Waals surface area contributed by atoms with Crippen LogP contribution in [0, 0.1) is 0 Å². The molecule has 1 atom stereocenters. The van der Waals surface area contributed by atoms with Crippen molar-refractivity contribution in [3.8, 4) is 0 Å². The number of nitrogens with one attached hydrogen (secondary N) is 1. The molecule has 4 nitrogen and oxygen atoms in total. The molecule has 0 fully saturated rings. The highest BCUT2D eigenvalue weighted by Crippen LogP contribution is 2.10. The van der Waals surface area contributed by atoms with Crippen LogP contribution >= 0.6 is 15.9 Å². The number of pyridine rings is 1. The summed E-state index contributed by atoms with van der Waals surface area (Å²) in [6.45, 7) is 1.63. The van der Waals surface area contributed by atoms with E-state index in [1.807, 2.05) is 0 Å². The number of nitrogens with zero attached hydrogens (tertiary/aromatic N) is 1. The molecule has 0 aliphatic carbocycles. The highest BCUT2D eigenvalue weighted by atomic mass is 79.9. The zero-order chi connectivity index (χ0) is 9.84. The third kappa shape index (κ3) is 3.12. The third-order valence-corrected chi connectivity index (χ3v) is 1.88. The number of carbonyl (C=O) groups excluding carboxylic acids is 1. The molecule has 1 rings (SSSR count). The maximum atomic E-state index is 11.1. The second-order valence-corrected chi connectivity index (χ2v) is 3.46. The van der Waals surface area contributed by atoms with Gasteiger partial charge in [0.2, 0.25) is 5.91 Å². The quantitative estimate of drug-likeness (QED) is 0.766. The SMILES string of the molecule is C[C@@H](N)C(=O)Nc1ccc(Br)nc1. The predicted molar refractivity (Wildman–Crippen MR) is 54.2 cm³/mol. The molecule has 13 heavy (non-hydrogen) atoms. The van der Waals surface area contributed by atoms with Crippen molar-refractivity contribution < 1.29 is 4.79 Å². The summed E-state index contributed by atoms with van der Waals surface area (Å²) in [6, 6.07) is 2.98. The van der Waals surface area contributed by atoms with E-state index in [-0.39, 0.29) is 5.91 Å². The molecule has 70 valence electrons. The number of aromatic nitrogens is 1. The van der Waals surface area contributed by atoms with Gasteiger partial charge in [-0.25, -0.2) is 4.98 Å². The van der Waals surface area contributed by atoms with Crippen LogP contribution in [0.5, 0.6) is 0 Å². The van der Waals surface area contributed by atoms with E-state index in [9.17, 15) is 4.79 Å². The van der Waals surface area contributed by atoms with Gasteiger partial charge in [-0.3, -0.25) is 4.79 Å². The molecule has 0 unspecified atom stereocenters. The average molecular weight is 244 g/mol. The lowest BCUT2D eigenvalue weighted by Gasteiger charge is -2.06. The summed E-state index contributed by atoms with van der Waals surface area (Å²) < 4.78 is 0.728. The lowest BCUT2D eigenvalue weighted by Crippen LogP contribution is -2.32. The minimum absolute atomic E-state index is 0.218. The van der Waals surface area contributed by atoms with E-state index >= 15 is 0 Å². The van der Waals surface area contributed by atoms with E-state index < -0.39 is 6.04 Å². The summed E-state index contributed by atoms with van der Waals surface area (Å²) in [5.74, 6) is -0.218. The molecule has 1 heterocycles. The first-order valence-corrected chi connectivity index (χ1v) is 4.57. The number of hydrogen-bond acceptors (Lipinski definition) is 3. The van der Waals surface area contributed by atoms with Crippen LogP contribution in [-0.2, 0) is 4.79 Å². The minimum atomic E-state index is -0.511. The second-order valence-electron chi connectivity index (χ2n) is 2.65.